The van der Waals surface area contributed by atoms with Gasteiger partial charge in [0.1, 0.15) is 6.10 Å². The fraction of sp³-hybridized carbons (Fsp3) is 0.889. The molecule has 0 bridgehead atoms. The number of hydrogen-bond acceptors (Lipinski definition) is 3. The standard InChI is InChI=1S/C9H20N2O2/c1-5-10-6-7-13-8(2)9(12)11(3)4/h8,10H,5-7H2,1-4H3. The number of carbonyl (C=O) groups excluding carboxylic acids is 1. The fourth-order valence-corrected chi connectivity index (χ4v) is 0.920. The van der Waals surface area contributed by atoms with E-state index in [1.54, 1.807) is 21.0 Å². The molecule has 78 valence electrons. The molecule has 4 nitrogen and oxygen atoms in total. The molecular weight excluding hydrogens is 168 g/mol. The lowest BCUT2D eigenvalue weighted by molar-refractivity contribution is -0.139. The summed E-state index contributed by atoms with van der Waals surface area (Å²) >= 11 is 0. The Morgan fingerprint density at radius 2 is 2.15 bits per heavy atom. The third-order valence-electron chi connectivity index (χ3n) is 1.69. The molecule has 0 aliphatic rings. The molecule has 0 aliphatic heterocycles. The summed E-state index contributed by atoms with van der Waals surface area (Å²) in [4.78, 5) is 12.8. The van der Waals surface area contributed by atoms with E-state index in [2.05, 4.69) is 5.32 Å². The Morgan fingerprint density at radius 1 is 1.54 bits per heavy atom. The number of nitrogens with zero attached hydrogens (tertiary/aromatic N) is 1. The van der Waals surface area contributed by atoms with E-state index in [4.69, 9.17) is 4.74 Å². The fourth-order valence-electron chi connectivity index (χ4n) is 0.920. The van der Waals surface area contributed by atoms with Crippen LogP contribution in [0.2, 0.25) is 0 Å². The maximum Gasteiger partial charge on any atom is 0.250 e. The van der Waals surface area contributed by atoms with Crippen LogP contribution in [0, 0.1) is 0 Å². The van der Waals surface area contributed by atoms with Gasteiger partial charge in [-0.2, -0.15) is 0 Å². The Labute approximate surface area is 80.2 Å². The Bertz CT molecular complexity index is 149. The van der Waals surface area contributed by atoms with Crippen LogP contribution < -0.4 is 5.32 Å². The van der Waals surface area contributed by atoms with Gasteiger partial charge in [-0.3, -0.25) is 4.79 Å². The third-order valence-corrected chi connectivity index (χ3v) is 1.69. The lowest BCUT2D eigenvalue weighted by atomic mass is 10.3. The molecule has 0 aromatic carbocycles. The van der Waals surface area contributed by atoms with E-state index in [-0.39, 0.29) is 12.0 Å². The summed E-state index contributed by atoms with van der Waals surface area (Å²) in [7, 11) is 3.46. The van der Waals surface area contributed by atoms with Crippen LogP contribution in [0.3, 0.4) is 0 Å². The average molecular weight is 188 g/mol. The summed E-state index contributed by atoms with van der Waals surface area (Å²) in [5.74, 6) is 0.0106. The van der Waals surface area contributed by atoms with Crippen molar-refractivity contribution >= 4 is 5.91 Å². The first-order valence-electron chi connectivity index (χ1n) is 4.63. The minimum absolute atomic E-state index is 0.0106. The van der Waals surface area contributed by atoms with Crippen LogP contribution in [0.4, 0.5) is 0 Å². The summed E-state index contributed by atoms with van der Waals surface area (Å²) < 4.78 is 5.31. The van der Waals surface area contributed by atoms with Crippen LogP contribution in [0.25, 0.3) is 0 Å². The summed E-state index contributed by atoms with van der Waals surface area (Å²) in [5.41, 5.74) is 0. The highest BCUT2D eigenvalue weighted by atomic mass is 16.5. The number of carbonyl (C=O) groups is 1. The van der Waals surface area contributed by atoms with Crippen molar-refractivity contribution in [1.82, 2.24) is 10.2 Å². The molecule has 4 heteroatoms. The van der Waals surface area contributed by atoms with Gasteiger partial charge in [-0.15, -0.1) is 0 Å². The topological polar surface area (TPSA) is 41.6 Å². The normalized spacial score (nSPS) is 12.6. The third kappa shape index (κ3) is 5.60. The van der Waals surface area contributed by atoms with Crippen molar-refractivity contribution in [3.63, 3.8) is 0 Å². The van der Waals surface area contributed by atoms with Gasteiger partial charge < -0.3 is 15.0 Å². The van der Waals surface area contributed by atoms with Crippen molar-refractivity contribution in [1.29, 1.82) is 0 Å². The van der Waals surface area contributed by atoms with E-state index in [0.717, 1.165) is 13.1 Å². The van der Waals surface area contributed by atoms with Crippen LogP contribution in [-0.4, -0.2) is 50.7 Å². The van der Waals surface area contributed by atoms with E-state index in [0.29, 0.717) is 6.61 Å². The Morgan fingerprint density at radius 3 is 2.62 bits per heavy atom. The zero-order valence-electron chi connectivity index (χ0n) is 8.96. The summed E-state index contributed by atoms with van der Waals surface area (Å²) in [6.45, 7) is 6.11. The number of hydrogen-bond donors (Lipinski definition) is 1. The molecule has 0 aromatic rings. The minimum atomic E-state index is -0.339. The van der Waals surface area contributed by atoms with Gasteiger partial charge >= 0.3 is 0 Å². The zero-order valence-corrected chi connectivity index (χ0v) is 8.96. The van der Waals surface area contributed by atoms with E-state index in [9.17, 15) is 4.79 Å². The number of ether oxygens (including phenoxy) is 1. The molecule has 0 saturated carbocycles. The largest absolute Gasteiger partial charge is 0.367 e. The maximum absolute atomic E-state index is 11.3. The van der Waals surface area contributed by atoms with Gasteiger partial charge in [0, 0.05) is 20.6 Å². The molecule has 0 rings (SSSR count). The van der Waals surface area contributed by atoms with Gasteiger partial charge in [-0.1, -0.05) is 6.92 Å². The van der Waals surface area contributed by atoms with E-state index in [1.807, 2.05) is 6.92 Å². The molecule has 0 radical (unpaired) electrons. The summed E-state index contributed by atoms with van der Waals surface area (Å²) in [5, 5.41) is 3.12. The van der Waals surface area contributed by atoms with Gasteiger partial charge in [-0.25, -0.2) is 0 Å². The molecule has 1 atom stereocenters. The Kier molecular flexibility index (Phi) is 6.54. The molecule has 0 spiro atoms. The van der Waals surface area contributed by atoms with Gasteiger partial charge in [0.25, 0.3) is 5.91 Å². The van der Waals surface area contributed by atoms with Crippen molar-refractivity contribution in [2.45, 2.75) is 20.0 Å². The van der Waals surface area contributed by atoms with E-state index < -0.39 is 0 Å². The predicted molar refractivity (Wildman–Crippen MR) is 52.7 cm³/mol. The molecular formula is C9H20N2O2. The number of amides is 1. The SMILES string of the molecule is CCNCCOC(C)C(=O)N(C)C. The number of rotatable bonds is 6. The predicted octanol–water partition coefficient (Wildman–Crippen LogP) is 0.0892. The highest BCUT2D eigenvalue weighted by Crippen LogP contribution is 1.94. The number of likely N-dealkylation sites (N-methyl/N-ethyl adjacent to an activating group) is 2. The molecule has 0 heterocycles. The van der Waals surface area contributed by atoms with Crippen molar-refractivity contribution < 1.29 is 9.53 Å². The molecule has 1 unspecified atom stereocenters. The number of nitrogens with one attached hydrogen (secondary N) is 1. The highest BCUT2D eigenvalue weighted by Gasteiger charge is 2.14. The average Bonchev–Trinajstić information content (AvgIpc) is 2.10. The van der Waals surface area contributed by atoms with Crippen LogP contribution in [-0.2, 0) is 9.53 Å². The monoisotopic (exact) mass is 188 g/mol. The first kappa shape index (κ1) is 12.4. The van der Waals surface area contributed by atoms with Crippen LogP contribution >= 0.6 is 0 Å². The second kappa shape index (κ2) is 6.86. The van der Waals surface area contributed by atoms with Crippen molar-refractivity contribution in [3.05, 3.63) is 0 Å². The van der Waals surface area contributed by atoms with Gasteiger partial charge in [0.15, 0.2) is 0 Å². The molecule has 1 amide bonds. The lowest BCUT2D eigenvalue weighted by Crippen LogP contribution is -2.35. The lowest BCUT2D eigenvalue weighted by Gasteiger charge is -2.17. The zero-order chi connectivity index (χ0) is 10.3. The molecule has 0 aliphatic carbocycles. The van der Waals surface area contributed by atoms with Crippen molar-refractivity contribution in [2.75, 3.05) is 33.8 Å². The maximum atomic E-state index is 11.3. The van der Waals surface area contributed by atoms with E-state index >= 15 is 0 Å². The van der Waals surface area contributed by atoms with Crippen LogP contribution in [0.1, 0.15) is 13.8 Å². The van der Waals surface area contributed by atoms with Crippen LogP contribution in [0.15, 0.2) is 0 Å². The van der Waals surface area contributed by atoms with Crippen molar-refractivity contribution in [2.24, 2.45) is 0 Å². The van der Waals surface area contributed by atoms with Crippen LogP contribution in [0.5, 0.6) is 0 Å². The minimum Gasteiger partial charge on any atom is -0.367 e. The van der Waals surface area contributed by atoms with Crippen molar-refractivity contribution in [3.8, 4) is 0 Å². The van der Waals surface area contributed by atoms with Gasteiger partial charge in [-0.05, 0) is 13.5 Å². The summed E-state index contributed by atoms with van der Waals surface area (Å²) in [6, 6.07) is 0. The Hall–Kier alpha value is -0.610. The first-order chi connectivity index (χ1) is 6.09. The molecule has 1 N–H and O–H groups in total. The molecule has 0 saturated heterocycles. The first-order valence-corrected chi connectivity index (χ1v) is 4.63. The molecule has 0 aromatic heterocycles. The quantitative estimate of drug-likeness (QED) is 0.601. The molecule has 13 heavy (non-hydrogen) atoms. The Balaban J connectivity index is 3.50. The molecule has 0 fully saturated rings. The van der Waals surface area contributed by atoms with Gasteiger partial charge in [0.05, 0.1) is 6.61 Å². The van der Waals surface area contributed by atoms with Gasteiger partial charge in [0.2, 0.25) is 0 Å². The summed E-state index contributed by atoms with van der Waals surface area (Å²) in [6.07, 6.45) is -0.339. The smallest absolute Gasteiger partial charge is 0.250 e. The second-order valence-electron chi connectivity index (χ2n) is 3.10. The van der Waals surface area contributed by atoms with E-state index in [1.165, 1.54) is 4.90 Å². The second-order valence-corrected chi connectivity index (χ2v) is 3.10. The highest BCUT2D eigenvalue weighted by molar-refractivity contribution is 5.79.